The lowest BCUT2D eigenvalue weighted by atomic mass is 10.1. The summed E-state index contributed by atoms with van der Waals surface area (Å²) in [5, 5.41) is 23.3. The molecule has 5 rings (SSSR count). The molecule has 0 radical (unpaired) electrons. The second-order valence-corrected chi connectivity index (χ2v) is 17.5. The minimum Gasteiger partial charge on any atom is -0.505 e. The number of phenols is 1. The highest BCUT2D eigenvalue weighted by molar-refractivity contribution is 7.87. The summed E-state index contributed by atoms with van der Waals surface area (Å²) in [6, 6.07) is 8.42. The van der Waals surface area contributed by atoms with Gasteiger partial charge in [0.15, 0.2) is 5.75 Å². The van der Waals surface area contributed by atoms with Gasteiger partial charge in [0.2, 0.25) is 0 Å². The normalized spacial score (nSPS) is 13.5. The fourth-order valence-electron chi connectivity index (χ4n) is 5.01. The van der Waals surface area contributed by atoms with E-state index >= 15 is 0 Å². The average Bonchev–Trinajstić information content (AvgIpc) is 3.00. The molecule has 0 heterocycles. The Bertz CT molecular complexity index is 3060. The molecule has 0 aliphatic heterocycles. The van der Waals surface area contributed by atoms with E-state index in [1.165, 1.54) is 0 Å². The van der Waals surface area contributed by atoms with E-state index in [2.05, 4.69) is 20.5 Å². The van der Waals surface area contributed by atoms with Crippen LogP contribution in [0.25, 0.3) is 21.5 Å². The predicted octanol–water partition coefficient (Wildman–Crippen LogP) is 3.93. The van der Waals surface area contributed by atoms with Crippen LogP contribution in [0.5, 0.6) is 5.75 Å². The Kier molecular flexibility index (Phi) is 9.57. The number of aromatic hydroxyl groups is 1. The van der Waals surface area contributed by atoms with Crippen molar-refractivity contribution in [1.82, 2.24) is 0 Å². The van der Waals surface area contributed by atoms with Crippen molar-refractivity contribution in [3.8, 4) is 5.75 Å². The summed E-state index contributed by atoms with van der Waals surface area (Å²) in [5.41, 5.74) is 7.07. The average molecular weight is 833 g/mol. The van der Waals surface area contributed by atoms with E-state index in [0.717, 1.165) is 48.5 Å². The van der Waals surface area contributed by atoms with Crippen molar-refractivity contribution in [2.45, 2.75) is 24.5 Å². The minimum absolute atomic E-state index is 0.110. The number of phenolic OH excluding ortho intramolecular Hbond substituents is 1. The Morgan fingerprint density at radius 3 is 1.57 bits per heavy atom. The quantitative estimate of drug-likeness (QED) is 0.0592. The maximum Gasteiger partial charge on any atom is 0.297 e. The molecule has 10 N–H and O–H groups in total. The molecule has 0 atom stereocenters. The Labute approximate surface area is 297 Å². The number of nitrogens with zero attached hydrogens (tertiary/aromatic N) is 4. The van der Waals surface area contributed by atoms with E-state index in [-0.39, 0.29) is 5.69 Å². The predicted molar refractivity (Wildman–Crippen MR) is 182 cm³/mol. The SMILES string of the molecule is Nc1ccc(S(=O)(=O)O)c(N=Nc2c(S(=O)(=O)O)cc3cc(S(=O)(=O)O)c(N=Nc4ccc5c(S(=O)(=O)O)cccc5c4S(=O)(=O)O)c(O)c3c2N)c1. The Balaban J connectivity index is 1.84. The molecule has 0 amide bonds. The van der Waals surface area contributed by atoms with Gasteiger partial charge in [-0.25, -0.2) is 0 Å². The van der Waals surface area contributed by atoms with Crippen LogP contribution < -0.4 is 11.5 Å². The molecule has 0 fully saturated rings. The lowest BCUT2D eigenvalue weighted by Crippen LogP contribution is -2.04. The molecule has 27 heteroatoms. The van der Waals surface area contributed by atoms with Gasteiger partial charge in [-0.2, -0.15) is 42.1 Å². The molecular formula is C26H20N6O16S5. The molecule has 0 aromatic heterocycles. The van der Waals surface area contributed by atoms with Gasteiger partial charge in [0.1, 0.15) is 47.2 Å². The van der Waals surface area contributed by atoms with Gasteiger partial charge in [0.25, 0.3) is 50.6 Å². The number of hydrogen-bond donors (Lipinski definition) is 8. The number of azo groups is 2. The van der Waals surface area contributed by atoms with Gasteiger partial charge in [-0.1, -0.05) is 18.2 Å². The molecule has 0 aliphatic carbocycles. The van der Waals surface area contributed by atoms with Gasteiger partial charge in [0.05, 0.1) is 11.1 Å². The van der Waals surface area contributed by atoms with Crippen LogP contribution in [0.15, 0.2) is 106 Å². The van der Waals surface area contributed by atoms with Crippen LogP contribution in [0.2, 0.25) is 0 Å². The topological polar surface area (TPSA) is 394 Å². The summed E-state index contributed by atoms with van der Waals surface area (Å²) < 4.78 is 171. The third-order valence-electron chi connectivity index (χ3n) is 7.13. The Morgan fingerprint density at radius 2 is 1.02 bits per heavy atom. The summed E-state index contributed by atoms with van der Waals surface area (Å²) in [7, 11) is -26.1. The van der Waals surface area contributed by atoms with Crippen LogP contribution in [0.3, 0.4) is 0 Å². The molecule has 5 aromatic carbocycles. The minimum atomic E-state index is -5.45. The smallest absolute Gasteiger partial charge is 0.297 e. The summed E-state index contributed by atoms with van der Waals surface area (Å²) in [4.78, 5) is -5.25. The van der Waals surface area contributed by atoms with Crippen LogP contribution in [-0.4, -0.2) is 70.0 Å². The zero-order chi connectivity index (χ0) is 39.6. The van der Waals surface area contributed by atoms with E-state index in [4.69, 9.17) is 11.5 Å². The largest absolute Gasteiger partial charge is 0.505 e. The number of fused-ring (bicyclic) bond motifs is 2. The van der Waals surface area contributed by atoms with Crippen LogP contribution in [0.4, 0.5) is 34.1 Å². The van der Waals surface area contributed by atoms with Gasteiger partial charge in [-0.05, 0) is 47.9 Å². The number of benzene rings is 5. The van der Waals surface area contributed by atoms with E-state index in [1.54, 1.807) is 0 Å². The number of hydrogen-bond acceptors (Lipinski definition) is 17. The Morgan fingerprint density at radius 1 is 0.491 bits per heavy atom. The molecule has 22 nitrogen and oxygen atoms in total. The monoisotopic (exact) mass is 832 g/mol. The number of rotatable bonds is 9. The van der Waals surface area contributed by atoms with Crippen molar-refractivity contribution in [3.05, 3.63) is 60.7 Å². The fraction of sp³-hybridized carbons (Fsp3) is 0. The number of nitrogens with two attached hydrogens (primary N) is 2. The first-order chi connectivity index (χ1) is 24.2. The van der Waals surface area contributed by atoms with Gasteiger partial charge in [-0.3, -0.25) is 22.8 Å². The molecular weight excluding hydrogens is 813 g/mol. The first-order valence-electron chi connectivity index (χ1n) is 13.5. The van der Waals surface area contributed by atoms with Crippen molar-refractivity contribution in [1.29, 1.82) is 0 Å². The molecule has 5 aromatic rings. The highest BCUT2D eigenvalue weighted by Crippen LogP contribution is 2.49. The van der Waals surface area contributed by atoms with Crippen molar-refractivity contribution >= 4 is 106 Å². The highest BCUT2D eigenvalue weighted by Gasteiger charge is 2.29. The summed E-state index contributed by atoms with van der Waals surface area (Å²) in [5.74, 6) is -1.31. The van der Waals surface area contributed by atoms with Crippen LogP contribution in [0, 0.1) is 0 Å². The van der Waals surface area contributed by atoms with Crippen molar-refractivity contribution in [2.75, 3.05) is 11.5 Å². The molecule has 0 aliphatic rings. The zero-order valence-electron chi connectivity index (χ0n) is 25.5. The first kappa shape index (κ1) is 39.0. The Hall–Kier alpha value is -5.23. The third kappa shape index (κ3) is 7.64. The fourth-order valence-corrected chi connectivity index (χ4v) is 8.48. The van der Waals surface area contributed by atoms with E-state index in [1.807, 2.05) is 0 Å². The molecule has 280 valence electrons. The molecule has 53 heavy (non-hydrogen) atoms. The summed E-state index contributed by atoms with van der Waals surface area (Å²) in [6.07, 6.45) is 0. The second-order valence-electron chi connectivity index (χ2n) is 10.6. The highest BCUT2D eigenvalue weighted by atomic mass is 32.2. The van der Waals surface area contributed by atoms with E-state index < -0.39 is 131 Å². The maximum atomic E-state index is 12.5. The summed E-state index contributed by atoms with van der Waals surface area (Å²) >= 11 is 0. The maximum absolute atomic E-state index is 12.5. The van der Waals surface area contributed by atoms with Crippen LogP contribution >= 0.6 is 0 Å². The van der Waals surface area contributed by atoms with Gasteiger partial charge >= 0.3 is 0 Å². The van der Waals surface area contributed by atoms with Crippen LogP contribution in [0.1, 0.15) is 0 Å². The van der Waals surface area contributed by atoms with Gasteiger partial charge < -0.3 is 16.6 Å². The van der Waals surface area contributed by atoms with Crippen molar-refractivity contribution in [2.24, 2.45) is 20.5 Å². The van der Waals surface area contributed by atoms with E-state index in [0.29, 0.717) is 12.1 Å². The van der Waals surface area contributed by atoms with Crippen LogP contribution in [-0.2, 0) is 50.6 Å². The zero-order valence-corrected chi connectivity index (χ0v) is 29.6. The van der Waals surface area contributed by atoms with Gasteiger partial charge in [0, 0.05) is 16.5 Å². The molecule has 0 unspecified atom stereocenters. The van der Waals surface area contributed by atoms with E-state index in [9.17, 15) is 70.0 Å². The van der Waals surface area contributed by atoms with Crippen molar-refractivity contribution in [3.63, 3.8) is 0 Å². The molecule has 0 saturated carbocycles. The lowest BCUT2D eigenvalue weighted by molar-refractivity contribution is 0.472. The molecule has 0 saturated heterocycles. The first-order valence-corrected chi connectivity index (χ1v) is 20.7. The standard InChI is InChI=1S/C26H20N6O16S5/c27-12-4-7-18(50(37,38)39)16(10-12)30-31-23-19(51(40,41)42)8-11-9-20(52(43,44)45)24(25(33)21(11)22(23)28)32-29-15-6-5-13-14(26(15)53(46,47)48)2-1-3-17(13)49(34,35)36/h1-10,33H,27-28H2,(H,34,35,36)(H,37,38,39)(H,40,41,42)(H,43,44,45)(H,46,47,48). The number of nitrogen functional groups attached to an aromatic ring is 2. The van der Waals surface area contributed by atoms with Crippen molar-refractivity contribution < 1.29 is 70.0 Å². The lowest BCUT2D eigenvalue weighted by Gasteiger charge is -2.14. The molecule has 0 bridgehead atoms. The third-order valence-corrected chi connectivity index (χ3v) is 11.6. The second kappa shape index (κ2) is 13.0. The summed E-state index contributed by atoms with van der Waals surface area (Å²) in [6.45, 7) is 0. The molecule has 0 spiro atoms. The van der Waals surface area contributed by atoms with Gasteiger partial charge in [-0.15, -0.1) is 20.5 Å². The number of anilines is 2.